The van der Waals surface area contributed by atoms with E-state index in [1.54, 1.807) is 18.5 Å². The lowest BCUT2D eigenvalue weighted by Gasteiger charge is -2.33. The third-order valence-electron chi connectivity index (χ3n) is 5.47. The number of aromatic nitrogens is 4. The number of sulfonamides is 1. The molecule has 0 bridgehead atoms. The molecular weight excluding hydrogens is 412 g/mol. The average Bonchev–Trinajstić information content (AvgIpc) is 3.25. The number of nitrogens with zero attached hydrogens (tertiary/aromatic N) is 6. The molecule has 0 unspecified atom stereocenters. The van der Waals surface area contributed by atoms with Gasteiger partial charge in [-0.3, -0.25) is 9.88 Å². The predicted molar refractivity (Wildman–Crippen MR) is 117 cm³/mol. The van der Waals surface area contributed by atoms with Crippen molar-refractivity contribution < 1.29 is 8.42 Å². The molecular formula is C22H22N6O2S. The zero-order chi connectivity index (χ0) is 21.3. The van der Waals surface area contributed by atoms with Crippen LogP contribution in [0.15, 0.2) is 78.2 Å². The topological polar surface area (TPSA) is 83.7 Å². The van der Waals surface area contributed by atoms with Crippen molar-refractivity contribution in [2.45, 2.75) is 11.6 Å². The first-order valence-corrected chi connectivity index (χ1v) is 11.6. The molecule has 158 valence electrons. The molecule has 0 N–H and O–H groups in total. The van der Waals surface area contributed by atoms with Crippen LogP contribution in [0, 0.1) is 0 Å². The van der Waals surface area contributed by atoms with Crippen molar-refractivity contribution in [1.29, 1.82) is 0 Å². The molecule has 0 radical (unpaired) electrons. The maximum absolute atomic E-state index is 13.4. The van der Waals surface area contributed by atoms with Gasteiger partial charge in [-0.2, -0.15) is 9.40 Å². The molecule has 1 aromatic carbocycles. The number of imidazole rings is 1. The molecule has 0 amide bonds. The number of rotatable bonds is 5. The highest BCUT2D eigenvalue weighted by molar-refractivity contribution is 7.89. The van der Waals surface area contributed by atoms with Crippen LogP contribution in [0.3, 0.4) is 0 Å². The third kappa shape index (κ3) is 3.95. The quantitative estimate of drug-likeness (QED) is 0.479. The van der Waals surface area contributed by atoms with Gasteiger partial charge in [0.15, 0.2) is 10.7 Å². The third-order valence-corrected chi connectivity index (χ3v) is 7.32. The molecule has 31 heavy (non-hydrogen) atoms. The zero-order valence-corrected chi connectivity index (χ0v) is 17.7. The van der Waals surface area contributed by atoms with Crippen LogP contribution >= 0.6 is 0 Å². The lowest BCUT2D eigenvalue weighted by Crippen LogP contribution is -2.48. The number of hydrogen-bond acceptors (Lipinski definition) is 6. The van der Waals surface area contributed by atoms with Crippen molar-refractivity contribution in [2.75, 3.05) is 26.2 Å². The standard InChI is InChI=1S/C22H22N6O2S/c29-31(30,27-13-11-26(12-14-27)17-18-5-2-1-3-6-18)22-16-24-21-9-8-20(25-28(21)22)19-7-4-10-23-15-19/h1-10,15-16H,11-14,17H2. The second-order valence-electron chi connectivity index (χ2n) is 7.49. The molecule has 1 saturated heterocycles. The smallest absolute Gasteiger partial charge is 0.262 e. The molecule has 1 aliphatic heterocycles. The monoisotopic (exact) mass is 434 g/mol. The second kappa shape index (κ2) is 8.18. The molecule has 5 rings (SSSR count). The average molecular weight is 435 g/mol. The molecule has 9 heteroatoms. The second-order valence-corrected chi connectivity index (χ2v) is 9.38. The Morgan fingerprint density at radius 3 is 2.42 bits per heavy atom. The molecule has 0 atom stereocenters. The van der Waals surface area contributed by atoms with E-state index in [9.17, 15) is 8.42 Å². The molecule has 3 aromatic heterocycles. The lowest BCUT2D eigenvalue weighted by atomic mass is 10.2. The van der Waals surface area contributed by atoms with Crippen molar-refractivity contribution in [3.63, 3.8) is 0 Å². The van der Waals surface area contributed by atoms with E-state index in [1.807, 2.05) is 36.4 Å². The van der Waals surface area contributed by atoms with Gasteiger partial charge in [0.1, 0.15) is 0 Å². The summed E-state index contributed by atoms with van der Waals surface area (Å²) < 4.78 is 29.7. The summed E-state index contributed by atoms with van der Waals surface area (Å²) in [6.07, 6.45) is 4.78. The van der Waals surface area contributed by atoms with Gasteiger partial charge in [-0.05, 0) is 29.8 Å². The minimum Gasteiger partial charge on any atom is -0.296 e. The highest BCUT2D eigenvalue weighted by Crippen LogP contribution is 2.22. The summed E-state index contributed by atoms with van der Waals surface area (Å²) in [5.74, 6) is 0. The molecule has 4 heterocycles. The van der Waals surface area contributed by atoms with Crippen molar-refractivity contribution in [2.24, 2.45) is 0 Å². The fourth-order valence-electron chi connectivity index (χ4n) is 3.80. The van der Waals surface area contributed by atoms with Crippen LogP contribution in [0.1, 0.15) is 5.56 Å². The lowest BCUT2D eigenvalue weighted by molar-refractivity contribution is 0.181. The Hall–Kier alpha value is -3.14. The Morgan fingerprint density at radius 2 is 1.68 bits per heavy atom. The van der Waals surface area contributed by atoms with Gasteiger partial charge in [-0.15, -0.1) is 0 Å². The molecule has 1 fully saturated rings. The summed E-state index contributed by atoms with van der Waals surface area (Å²) in [6.45, 7) is 3.05. The van der Waals surface area contributed by atoms with Crippen LogP contribution in [-0.4, -0.2) is 63.4 Å². The Morgan fingerprint density at radius 1 is 0.871 bits per heavy atom. The minimum atomic E-state index is -3.71. The van der Waals surface area contributed by atoms with Crippen molar-refractivity contribution in [3.05, 3.63) is 78.8 Å². The van der Waals surface area contributed by atoms with Gasteiger partial charge in [0, 0.05) is 50.7 Å². The van der Waals surface area contributed by atoms with Crippen LogP contribution in [-0.2, 0) is 16.6 Å². The fourth-order valence-corrected chi connectivity index (χ4v) is 5.25. The van der Waals surface area contributed by atoms with Gasteiger partial charge in [-0.25, -0.2) is 17.9 Å². The van der Waals surface area contributed by atoms with Crippen LogP contribution in [0.25, 0.3) is 16.9 Å². The van der Waals surface area contributed by atoms with E-state index in [-0.39, 0.29) is 5.03 Å². The SMILES string of the molecule is O=S(=O)(c1cnc2ccc(-c3cccnc3)nn12)N1CCN(Cc2ccccc2)CC1. The summed E-state index contributed by atoms with van der Waals surface area (Å²) in [4.78, 5) is 10.6. The predicted octanol–water partition coefficient (Wildman–Crippen LogP) is 2.30. The Kier molecular flexibility index (Phi) is 5.23. The Labute approximate surface area is 180 Å². The first-order valence-electron chi connectivity index (χ1n) is 10.1. The van der Waals surface area contributed by atoms with Gasteiger partial charge in [0.2, 0.25) is 0 Å². The largest absolute Gasteiger partial charge is 0.296 e. The van der Waals surface area contributed by atoms with E-state index in [0.717, 1.165) is 12.1 Å². The normalized spacial score (nSPS) is 16.0. The number of pyridine rings is 1. The zero-order valence-electron chi connectivity index (χ0n) is 16.9. The maximum atomic E-state index is 13.4. The Balaban J connectivity index is 1.37. The van der Waals surface area contributed by atoms with E-state index < -0.39 is 10.0 Å². The number of hydrogen-bond donors (Lipinski definition) is 0. The molecule has 0 spiro atoms. The summed E-state index contributed by atoms with van der Waals surface area (Å²) in [7, 11) is -3.71. The van der Waals surface area contributed by atoms with Crippen molar-refractivity contribution in [1.82, 2.24) is 28.8 Å². The highest BCUT2D eigenvalue weighted by atomic mass is 32.2. The summed E-state index contributed by atoms with van der Waals surface area (Å²) >= 11 is 0. The van der Waals surface area contributed by atoms with E-state index in [1.165, 1.54) is 20.6 Å². The van der Waals surface area contributed by atoms with Crippen molar-refractivity contribution >= 4 is 15.7 Å². The van der Waals surface area contributed by atoms with E-state index >= 15 is 0 Å². The molecule has 0 aliphatic carbocycles. The molecule has 8 nitrogen and oxygen atoms in total. The fraction of sp³-hybridized carbons (Fsp3) is 0.227. The Bertz CT molecular complexity index is 1280. The van der Waals surface area contributed by atoms with Gasteiger partial charge < -0.3 is 0 Å². The van der Waals surface area contributed by atoms with Crippen LogP contribution in [0.5, 0.6) is 0 Å². The van der Waals surface area contributed by atoms with Crippen LogP contribution in [0.2, 0.25) is 0 Å². The molecule has 4 aromatic rings. The summed E-state index contributed by atoms with van der Waals surface area (Å²) in [5, 5.41) is 4.62. The van der Waals surface area contributed by atoms with Crippen LogP contribution < -0.4 is 0 Å². The summed E-state index contributed by atoms with van der Waals surface area (Å²) in [6, 6.07) is 17.5. The van der Waals surface area contributed by atoms with E-state index in [2.05, 4.69) is 32.1 Å². The number of fused-ring (bicyclic) bond motifs is 1. The first kappa shape index (κ1) is 19.8. The van der Waals surface area contributed by atoms with Crippen molar-refractivity contribution in [3.8, 4) is 11.3 Å². The van der Waals surface area contributed by atoms with E-state index in [4.69, 9.17) is 0 Å². The number of piperazine rings is 1. The van der Waals surface area contributed by atoms with Gasteiger partial charge >= 0.3 is 0 Å². The minimum absolute atomic E-state index is 0.0877. The summed E-state index contributed by atoms with van der Waals surface area (Å²) in [5.41, 5.74) is 3.18. The van der Waals surface area contributed by atoms with Gasteiger partial charge in [0.25, 0.3) is 10.0 Å². The highest BCUT2D eigenvalue weighted by Gasteiger charge is 2.31. The van der Waals surface area contributed by atoms with Gasteiger partial charge in [0.05, 0.1) is 11.9 Å². The maximum Gasteiger partial charge on any atom is 0.262 e. The van der Waals surface area contributed by atoms with Crippen LogP contribution in [0.4, 0.5) is 0 Å². The molecule has 1 aliphatic rings. The number of benzene rings is 1. The van der Waals surface area contributed by atoms with E-state index in [0.29, 0.717) is 37.5 Å². The first-order chi connectivity index (χ1) is 15.1. The van der Waals surface area contributed by atoms with Gasteiger partial charge in [-0.1, -0.05) is 30.3 Å². The molecule has 0 saturated carbocycles.